The minimum absolute atomic E-state index is 0.415. The summed E-state index contributed by atoms with van der Waals surface area (Å²) in [7, 11) is 0. The van der Waals surface area contributed by atoms with Crippen LogP contribution in [-0.4, -0.2) is 29.6 Å². The molecular weight excluding hydrogens is 212 g/mol. The first-order valence-corrected chi connectivity index (χ1v) is 6.07. The monoisotopic (exact) mass is 226 g/mol. The predicted molar refractivity (Wildman–Crippen MR) is 61.3 cm³/mol. The summed E-state index contributed by atoms with van der Waals surface area (Å²) in [6.07, 6.45) is 5.73. The molecule has 1 rings (SSSR count). The number of hydrogen-bond donors (Lipinski definition) is 1. The average Bonchev–Trinajstić information content (AvgIpc) is 2.26. The van der Waals surface area contributed by atoms with Crippen molar-refractivity contribution < 1.29 is 9.53 Å². The van der Waals surface area contributed by atoms with Crippen molar-refractivity contribution in [3.63, 3.8) is 0 Å². The second kappa shape index (κ2) is 7.11. The van der Waals surface area contributed by atoms with Crippen molar-refractivity contribution >= 4 is 17.9 Å². The normalized spacial score (nSPS) is 9.67. The van der Waals surface area contributed by atoms with Gasteiger partial charge in [0.05, 0.1) is 0 Å². The van der Waals surface area contributed by atoms with Gasteiger partial charge in [-0.05, 0) is 30.6 Å². The Balaban J connectivity index is 2.19. The van der Waals surface area contributed by atoms with Crippen LogP contribution in [0.4, 0.5) is 4.79 Å². The Morgan fingerprint density at radius 1 is 1.53 bits per heavy atom. The first kappa shape index (κ1) is 11.8. The lowest BCUT2D eigenvalue weighted by atomic mass is 10.4. The van der Waals surface area contributed by atoms with Crippen molar-refractivity contribution in [2.45, 2.75) is 6.42 Å². The molecule has 0 aliphatic rings. The first-order valence-electron chi connectivity index (χ1n) is 4.67. The summed E-state index contributed by atoms with van der Waals surface area (Å²) in [5, 5.41) is 2.67. The summed E-state index contributed by atoms with van der Waals surface area (Å²) >= 11 is 1.76. The van der Waals surface area contributed by atoms with Crippen LogP contribution in [0.5, 0.6) is 5.75 Å². The summed E-state index contributed by atoms with van der Waals surface area (Å²) in [5.74, 6) is 1.54. The Bertz CT molecular complexity index is 293. The van der Waals surface area contributed by atoms with Crippen LogP contribution in [0.25, 0.3) is 0 Å². The van der Waals surface area contributed by atoms with Crippen LogP contribution in [0, 0.1) is 0 Å². The molecule has 15 heavy (non-hydrogen) atoms. The lowest BCUT2D eigenvalue weighted by Gasteiger charge is -2.05. The van der Waals surface area contributed by atoms with E-state index in [1.807, 2.05) is 6.26 Å². The van der Waals surface area contributed by atoms with E-state index in [4.69, 9.17) is 4.74 Å². The highest BCUT2D eigenvalue weighted by molar-refractivity contribution is 7.98. The standard InChI is InChI=1S/C10H14N2O2S/c1-15-8-2-5-12-10(13)14-9-3-6-11-7-4-9/h3-4,6-7H,2,5,8H2,1H3,(H,12,13). The summed E-state index contributed by atoms with van der Waals surface area (Å²) in [4.78, 5) is 15.0. The molecule has 82 valence electrons. The molecule has 5 heteroatoms. The lowest BCUT2D eigenvalue weighted by molar-refractivity contribution is 0.200. The molecule has 1 aromatic rings. The van der Waals surface area contributed by atoms with Gasteiger partial charge in [-0.1, -0.05) is 0 Å². The van der Waals surface area contributed by atoms with Crippen LogP contribution >= 0.6 is 11.8 Å². The van der Waals surface area contributed by atoms with Crippen LogP contribution < -0.4 is 10.1 Å². The van der Waals surface area contributed by atoms with Crippen molar-refractivity contribution in [1.82, 2.24) is 10.3 Å². The quantitative estimate of drug-likeness (QED) is 0.779. The van der Waals surface area contributed by atoms with E-state index in [-0.39, 0.29) is 0 Å². The van der Waals surface area contributed by atoms with Gasteiger partial charge in [0.1, 0.15) is 5.75 Å². The molecule has 0 bridgehead atoms. The summed E-state index contributed by atoms with van der Waals surface area (Å²) in [6.45, 7) is 0.644. The van der Waals surface area contributed by atoms with Crippen molar-refractivity contribution in [3.05, 3.63) is 24.5 Å². The Kier molecular flexibility index (Phi) is 5.62. The second-order valence-electron chi connectivity index (χ2n) is 2.85. The maximum Gasteiger partial charge on any atom is 0.412 e. The Morgan fingerprint density at radius 2 is 2.27 bits per heavy atom. The highest BCUT2D eigenvalue weighted by Crippen LogP contribution is 2.06. The largest absolute Gasteiger partial charge is 0.412 e. The molecule has 0 fully saturated rings. The van der Waals surface area contributed by atoms with Gasteiger partial charge in [0.25, 0.3) is 0 Å². The van der Waals surface area contributed by atoms with Gasteiger partial charge >= 0.3 is 6.09 Å². The van der Waals surface area contributed by atoms with Crippen molar-refractivity contribution in [2.24, 2.45) is 0 Å². The van der Waals surface area contributed by atoms with E-state index in [0.29, 0.717) is 12.3 Å². The van der Waals surface area contributed by atoms with Crippen molar-refractivity contribution in [3.8, 4) is 5.75 Å². The highest BCUT2D eigenvalue weighted by Gasteiger charge is 2.01. The molecule has 0 unspecified atom stereocenters. The van der Waals surface area contributed by atoms with Gasteiger partial charge in [0, 0.05) is 18.9 Å². The number of pyridine rings is 1. The van der Waals surface area contributed by atoms with Gasteiger partial charge in [-0.15, -0.1) is 0 Å². The Hall–Kier alpha value is -1.23. The van der Waals surface area contributed by atoms with E-state index >= 15 is 0 Å². The van der Waals surface area contributed by atoms with Gasteiger partial charge in [0.15, 0.2) is 0 Å². The molecule has 0 aromatic carbocycles. The van der Waals surface area contributed by atoms with Crippen LogP contribution in [0.3, 0.4) is 0 Å². The fourth-order valence-corrected chi connectivity index (χ4v) is 1.39. The van der Waals surface area contributed by atoms with Gasteiger partial charge in [-0.2, -0.15) is 11.8 Å². The first-order chi connectivity index (χ1) is 7.33. The third-order valence-electron chi connectivity index (χ3n) is 1.65. The molecular formula is C10H14N2O2S. The molecule has 0 aliphatic heterocycles. The topological polar surface area (TPSA) is 51.2 Å². The number of nitrogens with one attached hydrogen (secondary N) is 1. The molecule has 1 heterocycles. The fraction of sp³-hybridized carbons (Fsp3) is 0.400. The number of hydrogen-bond acceptors (Lipinski definition) is 4. The van der Waals surface area contributed by atoms with E-state index < -0.39 is 6.09 Å². The van der Waals surface area contributed by atoms with E-state index in [9.17, 15) is 4.79 Å². The van der Waals surface area contributed by atoms with Crippen LogP contribution in [0.15, 0.2) is 24.5 Å². The molecule has 1 aromatic heterocycles. The van der Waals surface area contributed by atoms with E-state index in [2.05, 4.69) is 10.3 Å². The second-order valence-corrected chi connectivity index (χ2v) is 3.83. The Morgan fingerprint density at radius 3 is 2.93 bits per heavy atom. The zero-order valence-electron chi connectivity index (χ0n) is 8.60. The number of amides is 1. The third kappa shape index (κ3) is 5.27. The molecule has 0 spiro atoms. The fourth-order valence-electron chi connectivity index (χ4n) is 0.956. The number of aromatic nitrogens is 1. The van der Waals surface area contributed by atoms with Gasteiger partial charge in [0.2, 0.25) is 0 Å². The molecule has 4 nitrogen and oxygen atoms in total. The number of carbonyl (C=O) groups excluding carboxylic acids is 1. The van der Waals surface area contributed by atoms with Crippen molar-refractivity contribution in [2.75, 3.05) is 18.6 Å². The maximum absolute atomic E-state index is 11.2. The lowest BCUT2D eigenvalue weighted by Crippen LogP contribution is -2.27. The molecule has 0 saturated heterocycles. The minimum atomic E-state index is -0.415. The molecule has 0 saturated carbocycles. The number of nitrogens with zero attached hydrogens (tertiary/aromatic N) is 1. The summed E-state index contributed by atoms with van der Waals surface area (Å²) in [6, 6.07) is 3.28. The van der Waals surface area contributed by atoms with E-state index in [0.717, 1.165) is 12.2 Å². The third-order valence-corrected chi connectivity index (χ3v) is 2.35. The van der Waals surface area contributed by atoms with Crippen LogP contribution in [0.2, 0.25) is 0 Å². The van der Waals surface area contributed by atoms with Crippen LogP contribution in [-0.2, 0) is 0 Å². The highest BCUT2D eigenvalue weighted by atomic mass is 32.2. The number of ether oxygens (including phenoxy) is 1. The SMILES string of the molecule is CSCCCNC(=O)Oc1ccncc1. The zero-order valence-corrected chi connectivity index (χ0v) is 9.42. The molecule has 0 atom stereocenters. The average molecular weight is 226 g/mol. The molecule has 1 amide bonds. The molecule has 0 aliphatic carbocycles. The molecule has 1 N–H and O–H groups in total. The van der Waals surface area contributed by atoms with E-state index in [1.54, 1.807) is 36.3 Å². The summed E-state index contributed by atoms with van der Waals surface area (Å²) < 4.78 is 5.00. The minimum Gasteiger partial charge on any atom is -0.410 e. The Labute approximate surface area is 93.4 Å². The van der Waals surface area contributed by atoms with Crippen LogP contribution in [0.1, 0.15) is 6.42 Å². The zero-order chi connectivity index (χ0) is 10.9. The number of carbonyl (C=O) groups is 1. The van der Waals surface area contributed by atoms with Gasteiger partial charge in [-0.25, -0.2) is 4.79 Å². The summed E-state index contributed by atoms with van der Waals surface area (Å²) in [5.41, 5.74) is 0. The molecule has 0 radical (unpaired) electrons. The smallest absolute Gasteiger partial charge is 0.410 e. The van der Waals surface area contributed by atoms with Gasteiger partial charge < -0.3 is 10.1 Å². The number of thioether (sulfide) groups is 1. The van der Waals surface area contributed by atoms with Gasteiger partial charge in [-0.3, -0.25) is 4.98 Å². The van der Waals surface area contributed by atoms with Crippen molar-refractivity contribution in [1.29, 1.82) is 0 Å². The van der Waals surface area contributed by atoms with E-state index in [1.165, 1.54) is 0 Å². The predicted octanol–water partition coefficient (Wildman–Crippen LogP) is 1.92. The number of rotatable bonds is 5. The maximum atomic E-state index is 11.2.